The Morgan fingerprint density at radius 3 is 2.89 bits per heavy atom. The number of hydrogen-bond donors (Lipinski definition) is 0. The van der Waals surface area contributed by atoms with Crippen molar-refractivity contribution in [3.63, 3.8) is 0 Å². The van der Waals surface area contributed by atoms with Crippen LogP contribution in [-0.2, 0) is 9.53 Å². The summed E-state index contributed by atoms with van der Waals surface area (Å²) in [5, 5.41) is 13.7. The van der Waals surface area contributed by atoms with Crippen molar-refractivity contribution in [2.45, 2.75) is 25.9 Å². The molecule has 0 radical (unpaired) electrons. The third-order valence-corrected chi connectivity index (χ3v) is 5.73. The number of Topliss-reactive ketones (excluding diaryl/α,β-unsaturated/α-hetero) is 1. The molecule has 28 heavy (non-hydrogen) atoms. The first kappa shape index (κ1) is 18.8. The number of ether oxygens (including phenoxy) is 1. The number of carbonyl (C=O) groups excluding carboxylic acids is 2. The molecule has 144 valence electrons. The van der Waals surface area contributed by atoms with Crippen LogP contribution >= 0.6 is 15.9 Å². The van der Waals surface area contributed by atoms with E-state index < -0.39 is 11.0 Å². The summed E-state index contributed by atoms with van der Waals surface area (Å²) >= 11 is 3.39. The van der Waals surface area contributed by atoms with Gasteiger partial charge in [-0.05, 0) is 40.6 Å². The van der Waals surface area contributed by atoms with E-state index in [1.807, 2.05) is 18.2 Å². The number of fused-ring (bicyclic) bond motifs is 1. The molecule has 8 nitrogen and oxygen atoms in total. The summed E-state index contributed by atoms with van der Waals surface area (Å²) in [6.07, 6.45) is 1.98. The maximum Gasteiger partial charge on any atom is 0.293 e. The van der Waals surface area contributed by atoms with Crippen LogP contribution in [0.15, 0.2) is 34.5 Å². The monoisotopic (exact) mass is 443 g/mol. The molecule has 2 aromatic heterocycles. The summed E-state index contributed by atoms with van der Waals surface area (Å²) in [5.74, 6) is -0.404. The first-order valence-electron chi connectivity index (χ1n) is 8.87. The normalized spacial score (nSPS) is 24.3. The van der Waals surface area contributed by atoms with Crippen molar-refractivity contribution in [3.05, 3.63) is 40.3 Å². The zero-order chi connectivity index (χ0) is 20.1. The molecule has 1 fully saturated rings. The molecule has 1 aliphatic heterocycles. The molecule has 4 rings (SSSR count). The van der Waals surface area contributed by atoms with E-state index in [0.717, 1.165) is 0 Å². The summed E-state index contributed by atoms with van der Waals surface area (Å²) < 4.78 is 8.24. The van der Waals surface area contributed by atoms with E-state index in [-0.39, 0.29) is 29.6 Å². The van der Waals surface area contributed by atoms with E-state index in [1.165, 1.54) is 0 Å². The Labute approximate surface area is 169 Å². The third-order valence-electron chi connectivity index (χ3n) is 5.13. The van der Waals surface area contributed by atoms with E-state index >= 15 is 0 Å². The number of halogens is 1. The van der Waals surface area contributed by atoms with Gasteiger partial charge in [0.2, 0.25) is 5.82 Å². The van der Waals surface area contributed by atoms with Crippen molar-refractivity contribution in [2.75, 3.05) is 19.7 Å². The van der Waals surface area contributed by atoms with Gasteiger partial charge >= 0.3 is 0 Å². The van der Waals surface area contributed by atoms with E-state index in [9.17, 15) is 14.9 Å². The van der Waals surface area contributed by atoms with Crippen LogP contribution in [0, 0.1) is 16.7 Å². The highest BCUT2D eigenvalue weighted by molar-refractivity contribution is 9.10. The number of morpholine rings is 1. The fraction of sp³-hybridized carbons (Fsp3) is 0.421. The minimum atomic E-state index is -0.865. The summed E-state index contributed by atoms with van der Waals surface area (Å²) in [4.78, 5) is 31.4. The number of aromatic nitrogens is 3. The van der Waals surface area contributed by atoms with Gasteiger partial charge in [0, 0.05) is 12.0 Å². The molecular formula is C19H18BrN5O3. The number of rotatable bonds is 1. The van der Waals surface area contributed by atoms with Gasteiger partial charge in [-0.1, -0.05) is 19.9 Å². The zero-order valence-corrected chi connectivity index (χ0v) is 17.1. The van der Waals surface area contributed by atoms with Gasteiger partial charge in [0.05, 0.1) is 18.7 Å². The largest absolute Gasteiger partial charge is 0.367 e. The predicted octanol–water partition coefficient (Wildman–Crippen LogP) is 2.15. The number of nitriles is 1. The van der Waals surface area contributed by atoms with Crippen LogP contribution in [-0.4, -0.2) is 56.5 Å². The summed E-state index contributed by atoms with van der Waals surface area (Å²) in [6, 6.07) is 7.38. The molecule has 1 saturated heterocycles. The molecule has 1 atom stereocenters. The van der Waals surface area contributed by atoms with Gasteiger partial charge in [-0.25, -0.2) is 9.50 Å². The highest BCUT2D eigenvalue weighted by atomic mass is 79.9. The molecule has 2 aromatic rings. The molecule has 0 N–H and O–H groups in total. The van der Waals surface area contributed by atoms with E-state index in [1.54, 1.807) is 35.4 Å². The Morgan fingerprint density at radius 1 is 1.39 bits per heavy atom. The molecule has 1 spiro atoms. The number of allylic oxidation sites excluding steroid dienone is 1. The van der Waals surface area contributed by atoms with Crippen molar-refractivity contribution >= 4 is 33.3 Å². The van der Waals surface area contributed by atoms with E-state index in [2.05, 4.69) is 26.0 Å². The predicted molar refractivity (Wildman–Crippen MR) is 102 cm³/mol. The number of pyridine rings is 1. The number of carbonyl (C=O) groups is 2. The van der Waals surface area contributed by atoms with Crippen molar-refractivity contribution in [1.29, 1.82) is 5.26 Å². The summed E-state index contributed by atoms with van der Waals surface area (Å²) in [5.41, 5.74) is -0.953. The van der Waals surface area contributed by atoms with E-state index in [4.69, 9.17) is 4.74 Å². The molecule has 9 heteroatoms. The standard InChI is InChI=1S/C19H18BrN5O3/c1-18(2)10-19(8-12(9-21)15(18)26)11-24(6-7-28-19)17(27)16-22-14-5-3-4-13(20)25(14)23-16/h3-5,8H,6-7,10-11H2,1-2H3. The van der Waals surface area contributed by atoms with Crippen molar-refractivity contribution in [1.82, 2.24) is 19.5 Å². The van der Waals surface area contributed by atoms with Crippen molar-refractivity contribution in [2.24, 2.45) is 5.41 Å². The summed E-state index contributed by atoms with van der Waals surface area (Å²) in [6.45, 7) is 4.54. The van der Waals surface area contributed by atoms with Crippen LogP contribution < -0.4 is 0 Å². The van der Waals surface area contributed by atoms with Gasteiger partial charge in [0.15, 0.2) is 11.4 Å². The highest BCUT2D eigenvalue weighted by Gasteiger charge is 2.48. The molecule has 2 aliphatic rings. The number of hydrogen-bond acceptors (Lipinski definition) is 6. The Hall–Kier alpha value is -2.57. The molecule has 1 aliphatic carbocycles. The molecular weight excluding hydrogens is 426 g/mol. The first-order chi connectivity index (χ1) is 13.2. The fourth-order valence-corrected chi connectivity index (χ4v) is 4.35. The Kier molecular flexibility index (Phi) is 4.36. The van der Waals surface area contributed by atoms with Crippen LogP contribution in [0.3, 0.4) is 0 Å². The van der Waals surface area contributed by atoms with Crippen LogP contribution in [0.5, 0.6) is 0 Å². The lowest BCUT2D eigenvalue weighted by molar-refractivity contribution is -0.134. The second-order valence-corrected chi connectivity index (χ2v) is 8.57. The lowest BCUT2D eigenvalue weighted by Gasteiger charge is -2.46. The maximum absolute atomic E-state index is 13.0. The van der Waals surface area contributed by atoms with Crippen molar-refractivity contribution in [3.8, 4) is 6.07 Å². The van der Waals surface area contributed by atoms with Gasteiger partial charge < -0.3 is 9.64 Å². The molecule has 0 aromatic carbocycles. The lowest BCUT2D eigenvalue weighted by atomic mass is 9.69. The zero-order valence-electron chi connectivity index (χ0n) is 15.5. The number of nitrogens with zero attached hydrogens (tertiary/aromatic N) is 5. The minimum absolute atomic E-state index is 0.0836. The maximum atomic E-state index is 13.0. The number of amides is 1. The lowest BCUT2D eigenvalue weighted by Crippen LogP contribution is -2.57. The topological polar surface area (TPSA) is 101 Å². The average Bonchev–Trinajstić information content (AvgIpc) is 3.09. The van der Waals surface area contributed by atoms with Gasteiger partial charge in [0.25, 0.3) is 5.91 Å². The van der Waals surface area contributed by atoms with Crippen molar-refractivity contribution < 1.29 is 14.3 Å². The van der Waals surface area contributed by atoms with Gasteiger partial charge in [-0.2, -0.15) is 5.26 Å². The molecule has 0 bridgehead atoms. The van der Waals surface area contributed by atoms with Crippen LogP contribution in [0.25, 0.3) is 5.65 Å². The molecule has 1 amide bonds. The third kappa shape index (κ3) is 3.02. The molecule has 3 heterocycles. The van der Waals surface area contributed by atoms with Crippen LogP contribution in [0.4, 0.5) is 0 Å². The average molecular weight is 444 g/mol. The molecule has 1 unspecified atom stereocenters. The van der Waals surface area contributed by atoms with Gasteiger partial charge in [-0.3, -0.25) is 9.59 Å². The molecule has 0 saturated carbocycles. The van der Waals surface area contributed by atoms with E-state index in [0.29, 0.717) is 29.8 Å². The SMILES string of the molecule is CC1(C)CC2(C=C(C#N)C1=O)CN(C(=O)c1nc3cccc(Br)n3n1)CCO2. The van der Waals surface area contributed by atoms with Crippen LogP contribution in [0.2, 0.25) is 0 Å². The second-order valence-electron chi connectivity index (χ2n) is 7.75. The Bertz CT molecular complexity index is 1070. The quantitative estimate of drug-likeness (QED) is 0.625. The number of ketones is 1. The minimum Gasteiger partial charge on any atom is -0.367 e. The Morgan fingerprint density at radius 2 is 2.18 bits per heavy atom. The highest BCUT2D eigenvalue weighted by Crippen LogP contribution is 2.41. The summed E-state index contributed by atoms with van der Waals surface area (Å²) in [7, 11) is 0. The fourth-order valence-electron chi connectivity index (χ4n) is 3.94. The Balaban J connectivity index is 1.66. The van der Waals surface area contributed by atoms with Gasteiger partial charge in [-0.15, -0.1) is 5.10 Å². The first-order valence-corrected chi connectivity index (χ1v) is 9.66. The van der Waals surface area contributed by atoms with Crippen LogP contribution in [0.1, 0.15) is 30.9 Å². The van der Waals surface area contributed by atoms with Gasteiger partial charge in [0.1, 0.15) is 16.3 Å². The second kappa shape index (κ2) is 6.50. The smallest absolute Gasteiger partial charge is 0.293 e.